The summed E-state index contributed by atoms with van der Waals surface area (Å²) >= 11 is 0. The maximum Gasteiger partial charge on any atom is 0.133 e. The molecule has 104 valence electrons. The second-order valence-electron chi connectivity index (χ2n) is 5.45. The van der Waals surface area contributed by atoms with Crippen LogP contribution in [0.1, 0.15) is 51.0 Å². The molecule has 1 aliphatic rings. The van der Waals surface area contributed by atoms with Gasteiger partial charge in [-0.25, -0.2) is 0 Å². The lowest BCUT2D eigenvalue weighted by atomic mass is 9.76. The van der Waals surface area contributed by atoms with Crippen LogP contribution in [0.5, 0.6) is 5.75 Å². The lowest BCUT2D eigenvalue weighted by Crippen LogP contribution is -2.45. The van der Waals surface area contributed by atoms with Gasteiger partial charge in [-0.15, -0.1) is 0 Å². The first-order valence-electron chi connectivity index (χ1n) is 7.22. The van der Waals surface area contributed by atoms with E-state index in [4.69, 9.17) is 0 Å². The van der Waals surface area contributed by atoms with E-state index in [2.05, 4.69) is 18.3 Å². The highest BCUT2D eigenvalue weighted by Gasteiger charge is 2.35. The molecular weight excluding hydrogens is 238 g/mol. The quantitative estimate of drug-likeness (QED) is 0.801. The summed E-state index contributed by atoms with van der Waals surface area (Å²) in [6.45, 7) is 3.13. The molecule has 2 rings (SSSR count). The Morgan fingerprint density at radius 2 is 2.05 bits per heavy atom. The molecule has 1 aromatic rings. The van der Waals surface area contributed by atoms with Crippen LogP contribution in [-0.4, -0.2) is 17.4 Å². The third-order valence-corrected chi connectivity index (χ3v) is 4.05. The molecule has 0 amide bonds. The molecular formula is C16H23NO2. The maximum atomic E-state index is 11.5. The monoisotopic (exact) mass is 261 g/mol. The van der Waals surface area contributed by atoms with Crippen molar-refractivity contribution >= 4 is 5.78 Å². The first kappa shape index (κ1) is 14.1. The van der Waals surface area contributed by atoms with Crippen molar-refractivity contribution < 1.29 is 9.90 Å². The van der Waals surface area contributed by atoms with Crippen molar-refractivity contribution in [2.45, 2.75) is 51.0 Å². The van der Waals surface area contributed by atoms with Crippen molar-refractivity contribution in [2.75, 3.05) is 6.54 Å². The number of rotatable bonds is 5. The summed E-state index contributed by atoms with van der Waals surface area (Å²) < 4.78 is 0. The van der Waals surface area contributed by atoms with Crippen LogP contribution in [0.4, 0.5) is 0 Å². The number of hydrogen-bond donors (Lipinski definition) is 2. The number of hydrogen-bond acceptors (Lipinski definition) is 3. The highest BCUT2D eigenvalue weighted by atomic mass is 16.3. The molecule has 0 spiro atoms. The third-order valence-electron chi connectivity index (χ3n) is 4.05. The predicted molar refractivity (Wildman–Crippen MR) is 76.2 cm³/mol. The minimum Gasteiger partial charge on any atom is -0.508 e. The Labute approximate surface area is 115 Å². The zero-order valence-electron chi connectivity index (χ0n) is 11.6. The fourth-order valence-corrected chi connectivity index (χ4v) is 2.83. The fraction of sp³-hybridized carbons (Fsp3) is 0.562. The molecule has 0 aromatic heterocycles. The van der Waals surface area contributed by atoms with Crippen molar-refractivity contribution in [1.29, 1.82) is 0 Å². The van der Waals surface area contributed by atoms with Crippen LogP contribution < -0.4 is 5.32 Å². The zero-order valence-corrected chi connectivity index (χ0v) is 11.6. The minimum atomic E-state index is -0.137. The maximum absolute atomic E-state index is 11.5. The van der Waals surface area contributed by atoms with Crippen molar-refractivity contribution in [1.82, 2.24) is 5.32 Å². The van der Waals surface area contributed by atoms with E-state index in [1.165, 1.54) is 0 Å². The first-order valence-corrected chi connectivity index (χ1v) is 7.22. The van der Waals surface area contributed by atoms with Crippen molar-refractivity contribution in [3.05, 3.63) is 29.8 Å². The average Bonchev–Trinajstić information content (AvgIpc) is 2.42. The van der Waals surface area contributed by atoms with Crippen LogP contribution in [0.3, 0.4) is 0 Å². The molecule has 0 unspecified atom stereocenters. The van der Waals surface area contributed by atoms with E-state index in [-0.39, 0.29) is 5.54 Å². The molecule has 0 saturated heterocycles. The number of benzene rings is 1. The van der Waals surface area contributed by atoms with Gasteiger partial charge in [0.15, 0.2) is 0 Å². The number of unbranched alkanes of at least 4 members (excludes halogenated alkanes) is 1. The number of phenolic OH excluding ortho intramolecular Hbond substituents is 1. The number of ketones is 1. The van der Waals surface area contributed by atoms with Crippen molar-refractivity contribution in [3.8, 4) is 5.75 Å². The molecule has 0 atom stereocenters. The van der Waals surface area contributed by atoms with Gasteiger partial charge >= 0.3 is 0 Å². The van der Waals surface area contributed by atoms with Gasteiger partial charge in [0.1, 0.15) is 11.5 Å². The van der Waals surface area contributed by atoms with E-state index in [1.54, 1.807) is 6.07 Å². The van der Waals surface area contributed by atoms with Gasteiger partial charge in [0, 0.05) is 18.4 Å². The molecule has 1 saturated carbocycles. The fourth-order valence-electron chi connectivity index (χ4n) is 2.83. The number of aromatic hydroxyl groups is 1. The number of carbonyl (C=O) groups excluding carboxylic acids is 1. The van der Waals surface area contributed by atoms with Gasteiger partial charge in [-0.3, -0.25) is 4.79 Å². The van der Waals surface area contributed by atoms with Gasteiger partial charge in [-0.1, -0.05) is 25.5 Å². The highest BCUT2D eigenvalue weighted by Crippen LogP contribution is 2.37. The summed E-state index contributed by atoms with van der Waals surface area (Å²) in [5, 5.41) is 13.3. The van der Waals surface area contributed by atoms with E-state index < -0.39 is 0 Å². The molecule has 2 N–H and O–H groups in total. The van der Waals surface area contributed by atoms with Crippen LogP contribution >= 0.6 is 0 Å². The SMILES string of the molecule is CCCCNC1(c2cccc(O)c2)CCC(=O)CC1. The van der Waals surface area contributed by atoms with Crippen LogP contribution in [0.15, 0.2) is 24.3 Å². The molecule has 1 aromatic carbocycles. The Morgan fingerprint density at radius 3 is 2.68 bits per heavy atom. The van der Waals surface area contributed by atoms with E-state index in [9.17, 15) is 9.90 Å². The number of nitrogens with one attached hydrogen (secondary N) is 1. The predicted octanol–water partition coefficient (Wildman–Crippen LogP) is 3.12. The lowest BCUT2D eigenvalue weighted by Gasteiger charge is -2.38. The van der Waals surface area contributed by atoms with Gasteiger partial charge in [0.25, 0.3) is 0 Å². The van der Waals surface area contributed by atoms with Gasteiger partial charge in [-0.05, 0) is 43.5 Å². The smallest absolute Gasteiger partial charge is 0.133 e. The van der Waals surface area contributed by atoms with Crippen LogP contribution in [-0.2, 0) is 10.3 Å². The normalized spacial score (nSPS) is 18.5. The summed E-state index contributed by atoms with van der Waals surface area (Å²) in [5.41, 5.74) is 0.970. The zero-order chi connectivity index (χ0) is 13.7. The Morgan fingerprint density at radius 1 is 1.32 bits per heavy atom. The first-order chi connectivity index (χ1) is 9.16. The molecule has 0 bridgehead atoms. The van der Waals surface area contributed by atoms with Crippen LogP contribution in [0.25, 0.3) is 0 Å². The molecule has 0 aliphatic heterocycles. The summed E-state index contributed by atoms with van der Waals surface area (Å²) in [6, 6.07) is 7.45. The molecule has 3 heteroatoms. The molecule has 0 heterocycles. The average molecular weight is 261 g/mol. The lowest BCUT2D eigenvalue weighted by molar-refractivity contribution is -0.121. The molecule has 1 aliphatic carbocycles. The second-order valence-corrected chi connectivity index (χ2v) is 5.45. The summed E-state index contributed by atoms with van der Waals surface area (Å²) in [6.07, 6.45) is 5.22. The van der Waals surface area contributed by atoms with Crippen molar-refractivity contribution in [2.24, 2.45) is 0 Å². The van der Waals surface area contributed by atoms with E-state index in [0.717, 1.165) is 37.8 Å². The van der Waals surface area contributed by atoms with Gasteiger partial charge in [-0.2, -0.15) is 0 Å². The summed E-state index contributed by atoms with van der Waals surface area (Å²) in [4.78, 5) is 11.5. The van der Waals surface area contributed by atoms with E-state index >= 15 is 0 Å². The minimum absolute atomic E-state index is 0.137. The largest absolute Gasteiger partial charge is 0.508 e. The van der Waals surface area contributed by atoms with Crippen LogP contribution in [0, 0.1) is 0 Å². The Hall–Kier alpha value is -1.35. The van der Waals surface area contributed by atoms with E-state index in [1.807, 2.05) is 12.1 Å². The van der Waals surface area contributed by atoms with Gasteiger partial charge in [0.05, 0.1) is 0 Å². The Bertz CT molecular complexity index is 432. The third kappa shape index (κ3) is 3.35. The summed E-state index contributed by atoms with van der Waals surface area (Å²) in [7, 11) is 0. The topological polar surface area (TPSA) is 49.3 Å². The summed E-state index contributed by atoms with van der Waals surface area (Å²) in [5.74, 6) is 0.652. The van der Waals surface area contributed by atoms with Crippen molar-refractivity contribution in [3.63, 3.8) is 0 Å². The highest BCUT2D eigenvalue weighted by molar-refractivity contribution is 5.79. The molecule has 0 radical (unpaired) electrons. The van der Waals surface area contributed by atoms with Crippen LogP contribution in [0.2, 0.25) is 0 Å². The molecule has 3 nitrogen and oxygen atoms in total. The number of carbonyl (C=O) groups is 1. The van der Waals surface area contributed by atoms with Gasteiger partial charge < -0.3 is 10.4 Å². The van der Waals surface area contributed by atoms with Gasteiger partial charge in [0.2, 0.25) is 0 Å². The number of Topliss-reactive ketones (excluding diaryl/α,β-unsaturated/α-hetero) is 1. The Kier molecular flexibility index (Phi) is 4.59. The number of phenols is 1. The Balaban J connectivity index is 2.20. The molecule has 19 heavy (non-hydrogen) atoms. The van der Waals surface area contributed by atoms with E-state index in [0.29, 0.717) is 24.4 Å². The molecule has 1 fully saturated rings. The second kappa shape index (κ2) is 6.20. The standard InChI is InChI=1S/C16H23NO2/c1-2-3-11-17-16(9-7-14(18)8-10-16)13-5-4-6-15(19)12-13/h4-6,12,17,19H,2-3,7-11H2,1H3.